The summed E-state index contributed by atoms with van der Waals surface area (Å²) in [5.41, 5.74) is 0. The fraction of sp³-hybridized carbons (Fsp3) is 0.667. The zero-order chi connectivity index (χ0) is 5.91. The van der Waals surface area contributed by atoms with Crippen LogP contribution in [-0.2, 0) is 10.0 Å². The molecule has 0 fully saturated rings. The van der Waals surface area contributed by atoms with E-state index in [2.05, 4.69) is 4.40 Å². The molecule has 0 aromatic rings. The highest BCUT2D eigenvalue weighted by Gasteiger charge is 1.88. The molecule has 7 heavy (non-hydrogen) atoms. The Bertz CT molecular complexity index is 156. The van der Waals surface area contributed by atoms with Crippen molar-refractivity contribution in [2.45, 2.75) is 6.92 Å². The van der Waals surface area contributed by atoms with Gasteiger partial charge in [0.2, 0.25) is 10.0 Å². The summed E-state index contributed by atoms with van der Waals surface area (Å²) in [6.45, 7) is 1.56. The van der Waals surface area contributed by atoms with Crippen LogP contribution in [0.15, 0.2) is 4.40 Å². The molecule has 42 valence electrons. The van der Waals surface area contributed by atoms with Gasteiger partial charge in [-0.3, -0.25) is 0 Å². The SMILES string of the molecule is CC=NS(C)(=O)=O. The van der Waals surface area contributed by atoms with Crippen molar-refractivity contribution in [2.24, 2.45) is 4.40 Å². The van der Waals surface area contributed by atoms with Crippen molar-refractivity contribution in [3.8, 4) is 0 Å². The Kier molecular flexibility index (Phi) is 1.95. The standard InChI is InChI=1S/C3H7NO2S/c1-3-4-7(2,5)6/h3H,1-2H3. The van der Waals surface area contributed by atoms with E-state index >= 15 is 0 Å². The third-order valence-corrected chi connectivity index (χ3v) is 0.891. The van der Waals surface area contributed by atoms with Crippen LogP contribution in [0.2, 0.25) is 0 Å². The molecule has 3 nitrogen and oxygen atoms in total. The highest BCUT2D eigenvalue weighted by atomic mass is 32.2. The fourth-order valence-electron chi connectivity index (χ4n) is 0.191. The van der Waals surface area contributed by atoms with Crippen LogP contribution in [0.1, 0.15) is 6.92 Å². The topological polar surface area (TPSA) is 46.5 Å². The second-order valence-corrected chi connectivity index (χ2v) is 2.77. The van der Waals surface area contributed by atoms with E-state index in [1.54, 1.807) is 6.92 Å². The molecular formula is C3H7NO2S. The second-order valence-electron chi connectivity index (χ2n) is 1.10. The molecule has 0 N–H and O–H groups in total. The Labute approximate surface area is 43.1 Å². The zero-order valence-corrected chi connectivity index (χ0v) is 5.07. The maximum Gasteiger partial charge on any atom is 0.249 e. The Morgan fingerprint density at radius 2 is 2.00 bits per heavy atom. The van der Waals surface area contributed by atoms with E-state index < -0.39 is 10.0 Å². The Morgan fingerprint density at radius 3 is 2.00 bits per heavy atom. The van der Waals surface area contributed by atoms with E-state index in [4.69, 9.17) is 0 Å². The van der Waals surface area contributed by atoms with E-state index in [0.717, 1.165) is 6.26 Å². The zero-order valence-electron chi connectivity index (χ0n) is 4.25. The van der Waals surface area contributed by atoms with Crippen LogP contribution in [0.25, 0.3) is 0 Å². The highest BCUT2D eigenvalue weighted by molar-refractivity contribution is 7.89. The monoisotopic (exact) mass is 121 g/mol. The van der Waals surface area contributed by atoms with Crippen LogP contribution in [-0.4, -0.2) is 20.9 Å². The average molecular weight is 121 g/mol. The molecule has 0 aliphatic rings. The molecule has 0 aliphatic heterocycles. The number of hydrogen-bond acceptors (Lipinski definition) is 2. The smallest absolute Gasteiger partial charge is 0.205 e. The summed E-state index contributed by atoms with van der Waals surface area (Å²) in [5, 5.41) is 0. The molecule has 0 aromatic carbocycles. The van der Waals surface area contributed by atoms with Crippen molar-refractivity contribution in [2.75, 3.05) is 6.26 Å². The number of hydrogen-bond donors (Lipinski definition) is 0. The van der Waals surface area contributed by atoms with Gasteiger partial charge in [0.1, 0.15) is 0 Å². The molecule has 0 radical (unpaired) electrons. The van der Waals surface area contributed by atoms with Gasteiger partial charge in [0.25, 0.3) is 0 Å². The van der Waals surface area contributed by atoms with Gasteiger partial charge in [0.15, 0.2) is 0 Å². The van der Waals surface area contributed by atoms with Crippen LogP contribution in [0, 0.1) is 0 Å². The van der Waals surface area contributed by atoms with E-state index in [1.807, 2.05) is 0 Å². The second kappa shape index (κ2) is 2.07. The first kappa shape index (κ1) is 6.62. The van der Waals surface area contributed by atoms with Crippen LogP contribution in [0.5, 0.6) is 0 Å². The lowest BCUT2D eigenvalue weighted by Gasteiger charge is -1.77. The molecular weight excluding hydrogens is 114 g/mol. The summed E-state index contributed by atoms with van der Waals surface area (Å²) in [6, 6.07) is 0. The molecule has 0 unspecified atom stereocenters. The van der Waals surface area contributed by atoms with Crippen LogP contribution >= 0.6 is 0 Å². The van der Waals surface area contributed by atoms with Crippen molar-refractivity contribution < 1.29 is 8.42 Å². The van der Waals surface area contributed by atoms with E-state index in [9.17, 15) is 8.42 Å². The molecule has 0 amide bonds. The van der Waals surface area contributed by atoms with Crippen LogP contribution < -0.4 is 0 Å². The summed E-state index contributed by atoms with van der Waals surface area (Å²) < 4.78 is 23.2. The van der Waals surface area contributed by atoms with Gasteiger partial charge in [-0.2, -0.15) is 4.40 Å². The van der Waals surface area contributed by atoms with Gasteiger partial charge in [-0.15, -0.1) is 0 Å². The lowest BCUT2D eigenvalue weighted by molar-refractivity contribution is 0.604. The lowest BCUT2D eigenvalue weighted by Crippen LogP contribution is -1.87. The fourth-order valence-corrected chi connectivity index (χ4v) is 0.574. The minimum atomic E-state index is -3.10. The van der Waals surface area contributed by atoms with Crippen molar-refractivity contribution in [3.05, 3.63) is 0 Å². The van der Waals surface area contributed by atoms with Gasteiger partial charge in [0, 0.05) is 6.21 Å². The minimum absolute atomic E-state index is 1.05. The average Bonchev–Trinajstić information content (AvgIpc) is 1.30. The molecule has 0 saturated heterocycles. The van der Waals surface area contributed by atoms with Gasteiger partial charge in [-0.1, -0.05) is 0 Å². The molecule has 0 heterocycles. The van der Waals surface area contributed by atoms with Gasteiger partial charge < -0.3 is 0 Å². The molecule has 0 bridgehead atoms. The largest absolute Gasteiger partial charge is 0.249 e. The minimum Gasteiger partial charge on any atom is -0.205 e. The van der Waals surface area contributed by atoms with Crippen molar-refractivity contribution in [1.29, 1.82) is 0 Å². The molecule has 0 aliphatic carbocycles. The van der Waals surface area contributed by atoms with Gasteiger partial charge in [-0.25, -0.2) is 8.42 Å². The third-order valence-electron chi connectivity index (χ3n) is 0.297. The maximum atomic E-state index is 10.0. The first-order valence-corrected chi connectivity index (χ1v) is 3.61. The molecule has 0 spiro atoms. The van der Waals surface area contributed by atoms with E-state index in [1.165, 1.54) is 6.21 Å². The Morgan fingerprint density at radius 1 is 1.57 bits per heavy atom. The summed E-state index contributed by atoms with van der Waals surface area (Å²) in [5.74, 6) is 0. The Hall–Kier alpha value is -0.380. The van der Waals surface area contributed by atoms with Crippen molar-refractivity contribution >= 4 is 16.2 Å². The molecule has 0 rings (SSSR count). The lowest BCUT2D eigenvalue weighted by atomic mass is 10.9. The van der Waals surface area contributed by atoms with Gasteiger partial charge in [-0.05, 0) is 6.92 Å². The molecule has 0 saturated carbocycles. The first-order valence-electron chi connectivity index (χ1n) is 1.76. The number of rotatable bonds is 1. The summed E-state index contributed by atoms with van der Waals surface area (Å²) >= 11 is 0. The summed E-state index contributed by atoms with van der Waals surface area (Å²) in [6.07, 6.45) is 2.29. The van der Waals surface area contributed by atoms with E-state index in [0.29, 0.717) is 0 Å². The van der Waals surface area contributed by atoms with Crippen molar-refractivity contribution in [3.63, 3.8) is 0 Å². The van der Waals surface area contributed by atoms with Crippen LogP contribution in [0.3, 0.4) is 0 Å². The van der Waals surface area contributed by atoms with Crippen molar-refractivity contribution in [1.82, 2.24) is 0 Å². The predicted octanol–water partition coefficient (Wildman–Crippen LogP) is 0.0367. The predicted molar refractivity (Wildman–Crippen MR) is 29.0 cm³/mol. The number of sulfonamides is 1. The van der Waals surface area contributed by atoms with Crippen LogP contribution in [0.4, 0.5) is 0 Å². The first-order chi connectivity index (χ1) is 3.06. The quantitative estimate of drug-likeness (QED) is 0.460. The molecule has 0 atom stereocenters. The normalized spacial score (nSPS) is 12.9. The highest BCUT2D eigenvalue weighted by Crippen LogP contribution is 1.78. The van der Waals surface area contributed by atoms with Gasteiger partial charge in [0.05, 0.1) is 6.26 Å². The Balaban J connectivity index is 4.13. The molecule has 0 aromatic heterocycles. The van der Waals surface area contributed by atoms with Gasteiger partial charge >= 0.3 is 0 Å². The summed E-state index contributed by atoms with van der Waals surface area (Å²) in [4.78, 5) is 0. The van der Waals surface area contributed by atoms with E-state index in [-0.39, 0.29) is 0 Å². The third kappa shape index (κ3) is 5.62. The molecule has 4 heteroatoms. The maximum absolute atomic E-state index is 10.0. The summed E-state index contributed by atoms with van der Waals surface area (Å²) in [7, 11) is -3.10. The number of nitrogens with zero attached hydrogens (tertiary/aromatic N) is 1.